The van der Waals surface area contributed by atoms with Crippen LogP contribution in [-0.2, 0) is 22.4 Å². The number of hydrogen-bond acceptors (Lipinski definition) is 6. The lowest BCUT2D eigenvalue weighted by Gasteiger charge is -2.07. The van der Waals surface area contributed by atoms with Crippen LogP contribution in [0, 0.1) is 0 Å². The first kappa shape index (κ1) is 23.1. The number of hydrogen-bond donors (Lipinski definition) is 3. The monoisotopic (exact) mass is 452 g/mol. The van der Waals surface area contributed by atoms with Crippen LogP contribution in [0.15, 0.2) is 70.6 Å². The van der Waals surface area contributed by atoms with E-state index in [9.17, 15) is 14.4 Å². The smallest absolute Gasteiger partial charge is 0.251 e. The maximum absolute atomic E-state index is 12.2. The van der Waals surface area contributed by atoms with Gasteiger partial charge in [-0.1, -0.05) is 42.1 Å². The van der Waals surface area contributed by atoms with E-state index in [1.54, 1.807) is 31.4 Å². The highest BCUT2D eigenvalue weighted by Crippen LogP contribution is 2.16. The van der Waals surface area contributed by atoms with Crippen LogP contribution < -0.4 is 20.9 Å². The predicted octanol–water partition coefficient (Wildman–Crippen LogP) is 2.41. The highest BCUT2D eigenvalue weighted by Gasteiger charge is 2.10. The summed E-state index contributed by atoms with van der Waals surface area (Å²) in [6, 6.07) is 18.1. The quantitative estimate of drug-likeness (QED) is 0.322. The Balaban J connectivity index is 1.48. The molecular weight excluding hydrogens is 428 g/mol. The molecule has 9 heteroatoms. The molecule has 0 aliphatic carbocycles. The first-order chi connectivity index (χ1) is 15.5. The fraction of sp³-hybridized carbons (Fsp3) is 0.217. The Labute approximate surface area is 189 Å². The van der Waals surface area contributed by atoms with E-state index in [2.05, 4.69) is 20.6 Å². The van der Waals surface area contributed by atoms with Gasteiger partial charge in [0.2, 0.25) is 11.8 Å². The SMILES string of the molecule is COc1ccc(NC(=O)CSc2nc(CC(=O)NCCc3ccccc3)cc(=O)[nH]2)cc1. The molecule has 3 rings (SSSR count). The van der Waals surface area contributed by atoms with Crippen molar-refractivity contribution >= 4 is 29.3 Å². The van der Waals surface area contributed by atoms with Gasteiger partial charge in [-0.3, -0.25) is 14.4 Å². The van der Waals surface area contributed by atoms with Gasteiger partial charge in [0, 0.05) is 18.3 Å². The summed E-state index contributed by atoms with van der Waals surface area (Å²) in [5.41, 5.74) is 1.75. The zero-order valence-corrected chi connectivity index (χ0v) is 18.4. The molecule has 0 aliphatic rings. The number of anilines is 1. The normalized spacial score (nSPS) is 10.4. The number of H-pyrrole nitrogens is 1. The minimum Gasteiger partial charge on any atom is -0.497 e. The maximum Gasteiger partial charge on any atom is 0.251 e. The molecule has 3 aromatic rings. The second kappa shape index (κ2) is 11.7. The molecule has 0 radical (unpaired) electrons. The molecule has 0 saturated heterocycles. The molecule has 2 amide bonds. The second-order valence-electron chi connectivity index (χ2n) is 6.87. The molecule has 8 nitrogen and oxygen atoms in total. The molecular formula is C23H24N4O4S. The van der Waals surface area contributed by atoms with Crippen LogP contribution in [0.1, 0.15) is 11.3 Å². The van der Waals surface area contributed by atoms with Gasteiger partial charge in [-0.15, -0.1) is 0 Å². The van der Waals surface area contributed by atoms with Crippen LogP contribution in [0.2, 0.25) is 0 Å². The van der Waals surface area contributed by atoms with Crippen molar-refractivity contribution in [2.24, 2.45) is 0 Å². The largest absolute Gasteiger partial charge is 0.497 e. The lowest BCUT2D eigenvalue weighted by molar-refractivity contribution is -0.120. The number of amides is 2. The van der Waals surface area contributed by atoms with Crippen molar-refractivity contribution in [3.05, 3.63) is 82.3 Å². The molecule has 0 unspecified atom stereocenters. The standard InChI is InChI=1S/C23H24N4O4S/c1-31-19-9-7-17(8-10-19)25-22(30)15-32-23-26-18(14-21(29)27-23)13-20(28)24-12-11-16-5-3-2-4-6-16/h2-10,14H,11-13,15H2,1H3,(H,24,28)(H,25,30)(H,26,27,29). The van der Waals surface area contributed by atoms with Gasteiger partial charge in [0.25, 0.3) is 5.56 Å². The molecule has 2 aromatic carbocycles. The van der Waals surface area contributed by atoms with E-state index >= 15 is 0 Å². The summed E-state index contributed by atoms with van der Waals surface area (Å²) in [7, 11) is 1.57. The second-order valence-corrected chi connectivity index (χ2v) is 7.83. The molecule has 1 aromatic heterocycles. The number of aromatic amines is 1. The van der Waals surface area contributed by atoms with Crippen LogP contribution in [-0.4, -0.2) is 41.2 Å². The number of methoxy groups -OCH3 is 1. The lowest BCUT2D eigenvalue weighted by atomic mass is 10.1. The van der Waals surface area contributed by atoms with E-state index < -0.39 is 0 Å². The summed E-state index contributed by atoms with van der Waals surface area (Å²) in [5.74, 6) is 0.293. The number of carbonyl (C=O) groups is 2. The van der Waals surface area contributed by atoms with E-state index in [4.69, 9.17) is 4.74 Å². The third-order valence-corrected chi connectivity index (χ3v) is 5.28. The van der Waals surface area contributed by atoms with Gasteiger partial charge in [-0.2, -0.15) is 0 Å². The summed E-state index contributed by atoms with van der Waals surface area (Å²) >= 11 is 1.09. The van der Waals surface area contributed by atoms with Crippen molar-refractivity contribution in [1.29, 1.82) is 0 Å². The fourth-order valence-electron chi connectivity index (χ4n) is 2.87. The first-order valence-corrected chi connectivity index (χ1v) is 11.0. The Hall–Kier alpha value is -3.59. The number of benzene rings is 2. The fourth-order valence-corrected chi connectivity index (χ4v) is 3.56. The van der Waals surface area contributed by atoms with Crippen molar-refractivity contribution in [2.45, 2.75) is 18.0 Å². The Kier molecular flexibility index (Phi) is 8.44. The molecule has 0 fully saturated rings. The van der Waals surface area contributed by atoms with Gasteiger partial charge in [0.15, 0.2) is 5.16 Å². The molecule has 0 bridgehead atoms. The van der Waals surface area contributed by atoms with Crippen molar-refractivity contribution in [2.75, 3.05) is 24.7 Å². The van der Waals surface area contributed by atoms with Crippen molar-refractivity contribution in [3.8, 4) is 5.75 Å². The molecule has 0 aliphatic heterocycles. The van der Waals surface area contributed by atoms with Crippen molar-refractivity contribution in [1.82, 2.24) is 15.3 Å². The summed E-state index contributed by atoms with van der Waals surface area (Å²) in [5, 5.41) is 5.88. The zero-order chi connectivity index (χ0) is 22.8. The van der Waals surface area contributed by atoms with Gasteiger partial charge in [0.1, 0.15) is 5.75 Å². The average Bonchev–Trinajstić information content (AvgIpc) is 2.78. The highest BCUT2D eigenvalue weighted by molar-refractivity contribution is 7.99. The van der Waals surface area contributed by atoms with Crippen LogP contribution in [0.5, 0.6) is 5.75 Å². The number of nitrogens with zero attached hydrogens (tertiary/aromatic N) is 1. The highest BCUT2D eigenvalue weighted by atomic mass is 32.2. The number of ether oxygens (including phenoxy) is 1. The van der Waals surface area contributed by atoms with E-state index in [0.29, 0.717) is 23.7 Å². The third kappa shape index (κ3) is 7.59. The number of thioether (sulfide) groups is 1. The lowest BCUT2D eigenvalue weighted by Crippen LogP contribution is -2.28. The van der Waals surface area contributed by atoms with Gasteiger partial charge in [-0.25, -0.2) is 4.98 Å². The Morgan fingerprint density at radius 2 is 1.81 bits per heavy atom. The number of aromatic nitrogens is 2. The summed E-state index contributed by atoms with van der Waals surface area (Å²) < 4.78 is 5.08. The average molecular weight is 453 g/mol. The van der Waals surface area contributed by atoms with Gasteiger partial charge < -0.3 is 20.4 Å². The predicted molar refractivity (Wildman–Crippen MR) is 124 cm³/mol. The maximum atomic E-state index is 12.2. The molecule has 0 spiro atoms. The van der Waals surface area contributed by atoms with Crippen LogP contribution >= 0.6 is 11.8 Å². The molecule has 32 heavy (non-hydrogen) atoms. The summed E-state index contributed by atoms with van der Waals surface area (Å²) in [6.45, 7) is 0.499. The van der Waals surface area contributed by atoms with Gasteiger partial charge in [-0.05, 0) is 36.2 Å². The molecule has 166 valence electrons. The Bertz CT molecular complexity index is 1100. The number of rotatable bonds is 10. The van der Waals surface area contributed by atoms with E-state index in [-0.39, 0.29) is 34.7 Å². The first-order valence-electron chi connectivity index (χ1n) is 9.99. The summed E-state index contributed by atoms with van der Waals surface area (Å²) in [4.78, 5) is 43.2. The minimum atomic E-state index is -0.370. The van der Waals surface area contributed by atoms with E-state index in [1.165, 1.54) is 6.07 Å². The van der Waals surface area contributed by atoms with Gasteiger partial charge >= 0.3 is 0 Å². The van der Waals surface area contributed by atoms with E-state index in [0.717, 1.165) is 23.7 Å². The van der Waals surface area contributed by atoms with E-state index in [1.807, 2.05) is 30.3 Å². The third-order valence-electron chi connectivity index (χ3n) is 4.41. The number of nitrogens with one attached hydrogen (secondary N) is 3. The number of carbonyl (C=O) groups excluding carboxylic acids is 2. The van der Waals surface area contributed by atoms with Crippen molar-refractivity contribution < 1.29 is 14.3 Å². The zero-order valence-electron chi connectivity index (χ0n) is 17.6. The Morgan fingerprint density at radius 3 is 2.53 bits per heavy atom. The molecule has 0 atom stereocenters. The van der Waals surface area contributed by atoms with Crippen molar-refractivity contribution in [3.63, 3.8) is 0 Å². The van der Waals surface area contributed by atoms with Gasteiger partial charge in [0.05, 0.1) is 25.0 Å². The molecule has 1 heterocycles. The molecule has 3 N–H and O–H groups in total. The van der Waals surface area contributed by atoms with Crippen LogP contribution in [0.25, 0.3) is 0 Å². The summed E-state index contributed by atoms with van der Waals surface area (Å²) in [6.07, 6.45) is 0.712. The van der Waals surface area contributed by atoms with Crippen LogP contribution in [0.4, 0.5) is 5.69 Å². The Morgan fingerprint density at radius 1 is 1.06 bits per heavy atom. The minimum absolute atomic E-state index is 0.00961. The van der Waals surface area contributed by atoms with Crippen LogP contribution in [0.3, 0.4) is 0 Å². The topological polar surface area (TPSA) is 113 Å². The molecule has 0 saturated carbocycles.